The molecule has 0 fully saturated rings. The Morgan fingerprint density at radius 2 is 1.72 bits per heavy atom. The van der Waals surface area contributed by atoms with Crippen LogP contribution in [0.25, 0.3) is 6.08 Å². The van der Waals surface area contributed by atoms with Crippen molar-refractivity contribution >= 4 is 84.4 Å². The van der Waals surface area contributed by atoms with Crippen molar-refractivity contribution in [2.75, 3.05) is 26.9 Å². The largest absolute Gasteiger partial charge is 0.490 e. The summed E-state index contributed by atoms with van der Waals surface area (Å²) in [5.74, 6) is 0.0144. The van der Waals surface area contributed by atoms with Gasteiger partial charge in [0.05, 0.1) is 51.1 Å². The zero-order valence-electron chi connectivity index (χ0n) is 27.2. The van der Waals surface area contributed by atoms with Crippen LogP contribution < -0.4 is 29.1 Å². The number of hydrogen-bond donors (Lipinski definition) is 0. The Hall–Kier alpha value is -3.62. The number of rotatable bonds is 12. The molecule has 10 nitrogen and oxygen atoms in total. The summed E-state index contributed by atoms with van der Waals surface area (Å²) < 4.78 is 30.8. The molecule has 0 saturated heterocycles. The molecule has 5 rings (SSSR count). The van der Waals surface area contributed by atoms with Gasteiger partial charge in [0.25, 0.3) is 5.56 Å². The van der Waals surface area contributed by atoms with Crippen LogP contribution in [0, 0.1) is 0 Å². The van der Waals surface area contributed by atoms with E-state index < -0.39 is 18.0 Å². The Labute approximate surface area is 318 Å². The molecule has 3 aromatic carbocycles. The Balaban J connectivity index is 1.56. The van der Waals surface area contributed by atoms with Gasteiger partial charge in [-0.2, -0.15) is 0 Å². The normalized spacial score (nSPS) is 14.2. The van der Waals surface area contributed by atoms with Gasteiger partial charge in [-0.1, -0.05) is 46.7 Å². The SMILES string of the molecule is CCOC(=O)C1=C(C)N=c2s/c(=C\c3cc(Br)c(OCc4ccc(Cl)cc4Cl)c(Br)c3)c(=O)n2[C@@H]1c1ccc(OCC(=O)OC)c(OCC)c1. The number of allylic oxidation sites excluding steroid dienone is 1. The van der Waals surface area contributed by atoms with Crippen molar-refractivity contribution in [2.45, 2.75) is 33.4 Å². The summed E-state index contributed by atoms with van der Waals surface area (Å²) in [6, 6.07) is 13.0. The van der Waals surface area contributed by atoms with Gasteiger partial charge in [-0.25, -0.2) is 14.6 Å². The van der Waals surface area contributed by atoms with Gasteiger partial charge in [0.2, 0.25) is 0 Å². The maximum Gasteiger partial charge on any atom is 0.343 e. The van der Waals surface area contributed by atoms with Crippen LogP contribution in [0.1, 0.15) is 43.5 Å². The van der Waals surface area contributed by atoms with E-state index in [4.69, 9.17) is 42.1 Å². The van der Waals surface area contributed by atoms with Crippen LogP contribution in [0.2, 0.25) is 10.0 Å². The molecule has 262 valence electrons. The minimum atomic E-state index is -0.893. The van der Waals surface area contributed by atoms with E-state index in [0.717, 1.165) is 5.56 Å². The monoisotopic (exact) mass is 866 g/mol. The molecule has 0 unspecified atom stereocenters. The highest BCUT2D eigenvalue weighted by Crippen LogP contribution is 2.38. The second kappa shape index (κ2) is 16.6. The van der Waals surface area contributed by atoms with Gasteiger partial charge in [-0.3, -0.25) is 9.36 Å². The van der Waals surface area contributed by atoms with E-state index in [1.54, 1.807) is 63.2 Å². The van der Waals surface area contributed by atoms with Crippen LogP contribution in [-0.4, -0.2) is 43.4 Å². The number of fused-ring (bicyclic) bond motifs is 1. The molecule has 0 aliphatic carbocycles. The highest BCUT2D eigenvalue weighted by Gasteiger charge is 2.34. The summed E-state index contributed by atoms with van der Waals surface area (Å²) >= 11 is 20.7. The van der Waals surface area contributed by atoms with E-state index in [2.05, 4.69) is 41.6 Å². The van der Waals surface area contributed by atoms with Crippen LogP contribution in [0.4, 0.5) is 0 Å². The van der Waals surface area contributed by atoms with Crippen molar-refractivity contribution in [3.8, 4) is 17.2 Å². The number of aromatic nitrogens is 1. The van der Waals surface area contributed by atoms with Crippen LogP contribution >= 0.6 is 66.4 Å². The quantitative estimate of drug-likeness (QED) is 0.138. The summed E-state index contributed by atoms with van der Waals surface area (Å²) in [5.41, 5.74) is 2.29. The van der Waals surface area contributed by atoms with Crippen LogP contribution in [0.15, 0.2) is 78.5 Å². The topological polar surface area (TPSA) is 115 Å². The Morgan fingerprint density at radius 1 is 0.980 bits per heavy atom. The molecule has 0 N–H and O–H groups in total. The first kappa shape index (κ1) is 37.6. The van der Waals surface area contributed by atoms with Crippen molar-refractivity contribution in [2.24, 2.45) is 4.99 Å². The van der Waals surface area contributed by atoms with Crippen molar-refractivity contribution in [1.82, 2.24) is 4.57 Å². The number of thiazole rings is 1. The lowest BCUT2D eigenvalue weighted by Gasteiger charge is -2.25. The predicted octanol–water partition coefficient (Wildman–Crippen LogP) is 7.16. The number of nitrogens with zero attached hydrogens (tertiary/aromatic N) is 2. The van der Waals surface area contributed by atoms with Gasteiger partial charge >= 0.3 is 11.9 Å². The molecule has 15 heteroatoms. The number of benzene rings is 3. The molecule has 1 aliphatic rings. The Bertz CT molecular complexity index is 2160. The number of methoxy groups -OCH3 is 1. The average Bonchev–Trinajstić information content (AvgIpc) is 3.37. The number of ether oxygens (including phenoxy) is 5. The molecule has 0 saturated carbocycles. The first-order chi connectivity index (χ1) is 23.9. The van der Waals surface area contributed by atoms with Gasteiger partial charge in [-0.05, 0) is 106 Å². The van der Waals surface area contributed by atoms with E-state index in [1.165, 1.54) is 23.0 Å². The molecular weight excluding hydrogens is 839 g/mol. The lowest BCUT2D eigenvalue weighted by Crippen LogP contribution is -2.40. The highest BCUT2D eigenvalue weighted by atomic mass is 79.9. The highest BCUT2D eigenvalue weighted by molar-refractivity contribution is 9.11. The van der Waals surface area contributed by atoms with E-state index in [1.807, 2.05) is 12.1 Å². The molecule has 4 aromatic rings. The maximum atomic E-state index is 14.2. The smallest absolute Gasteiger partial charge is 0.343 e. The zero-order valence-corrected chi connectivity index (χ0v) is 32.7. The molecule has 0 spiro atoms. The van der Waals surface area contributed by atoms with Gasteiger partial charge in [0.15, 0.2) is 22.9 Å². The number of esters is 2. The molecule has 1 aliphatic heterocycles. The third kappa shape index (κ3) is 8.29. The van der Waals surface area contributed by atoms with E-state index in [-0.39, 0.29) is 31.0 Å². The minimum Gasteiger partial charge on any atom is -0.490 e. The molecule has 2 heterocycles. The molecule has 0 bridgehead atoms. The van der Waals surface area contributed by atoms with Crippen molar-refractivity contribution < 1.29 is 33.3 Å². The van der Waals surface area contributed by atoms with Crippen molar-refractivity contribution in [3.05, 3.63) is 115 Å². The van der Waals surface area contributed by atoms with E-state index in [0.29, 0.717) is 69.0 Å². The van der Waals surface area contributed by atoms with Crippen molar-refractivity contribution in [3.63, 3.8) is 0 Å². The maximum absolute atomic E-state index is 14.2. The lowest BCUT2D eigenvalue weighted by molar-refractivity contribution is -0.143. The number of halogens is 4. The summed E-state index contributed by atoms with van der Waals surface area (Å²) in [4.78, 5) is 44.4. The fourth-order valence-corrected chi connectivity index (χ4v) is 8.09. The van der Waals surface area contributed by atoms with E-state index >= 15 is 0 Å². The third-order valence-electron chi connectivity index (χ3n) is 7.38. The summed E-state index contributed by atoms with van der Waals surface area (Å²) in [6.07, 6.45) is 1.75. The average molecular weight is 869 g/mol. The number of carbonyl (C=O) groups is 2. The summed E-state index contributed by atoms with van der Waals surface area (Å²) in [7, 11) is 1.27. The summed E-state index contributed by atoms with van der Waals surface area (Å²) in [5, 5.41) is 1.03. The first-order valence-corrected chi connectivity index (χ1v) is 18.3. The van der Waals surface area contributed by atoms with E-state index in [9.17, 15) is 14.4 Å². The standard InChI is InChI=1S/C35H30Br2Cl2N2O8S/c1-5-46-27-14-20(8-10-26(27)48-17-29(42)45-4)31-30(34(44)47-6-2)18(3)40-35-41(31)33(43)28(50-35)13-19-11-23(36)32(24(37)12-19)49-16-21-7-9-22(38)15-25(21)39/h7-15,31H,5-6,16-17H2,1-4H3/b28-13-/t31-/m1/s1. The first-order valence-electron chi connectivity index (χ1n) is 15.2. The lowest BCUT2D eigenvalue weighted by atomic mass is 9.95. The fraction of sp³-hybridized carbons (Fsp3) is 0.257. The molecule has 1 atom stereocenters. The Kier molecular flexibility index (Phi) is 12.5. The van der Waals surface area contributed by atoms with Crippen LogP contribution in [-0.2, 0) is 25.7 Å². The molecule has 0 amide bonds. The molecule has 50 heavy (non-hydrogen) atoms. The molecule has 1 aromatic heterocycles. The van der Waals surface area contributed by atoms with Crippen molar-refractivity contribution in [1.29, 1.82) is 0 Å². The van der Waals surface area contributed by atoms with Gasteiger partial charge < -0.3 is 23.7 Å². The molecule has 0 radical (unpaired) electrons. The van der Waals surface area contributed by atoms with Crippen LogP contribution in [0.3, 0.4) is 0 Å². The number of hydrogen-bond acceptors (Lipinski definition) is 10. The van der Waals surface area contributed by atoms with Crippen LogP contribution in [0.5, 0.6) is 17.2 Å². The second-order valence-electron chi connectivity index (χ2n) is 10.6. The van der Waals surface area contributed by atoms with Gasteiger partial charge in [-0.15, -0.1) is 0 Å². The second-order valence-corrected chi connectivity index (χ2v) is 14.2. The van der Waals surface area contributed by atoms with Gasteiger partial charge in [0, 0.05) is 15.6 Å². The third-order valence-corrected chi connectivity index (χ3v) is 10.1. The Morgan fingerprint density at radius 3 is 2.38 bits per heavy atom. The summed E-state index contributed by atoms with van der Waals surface area (Å²) in [6.45, 7) is 5.53. The van der Waals surface area contributed by atoms with Gasteiger partial charge in [0.1, 0.15) is 12.4 Å². The predicted molar refractivity (Wildman–Crippen MR) is 198 cm³/mol. The fourth-order valence-electron chi connectivity index (χ4n) is 5.13. The molecular formula is C35H30Br2Cl2N2O8S. The zero-order chi connectivity index (χ0) is 36.1. The number of carbonyl (C=O) groups excluding carboxylic acids is 2. The minimum absolute atomic E-state index is 0.132.